The Hall–Kier alpha value is -3.23. The Kier molecular flexibility index (Phi) is 6.86. The van der Waals surface area contributed by atoms with Crippen molar-refractivity contribution in [1.29, 1.82) is 0 Å². The van der Waals surface area contributed by atoms with Crippen LogP contribution in [0.3, 0.4) is 0 Å². The zero-order chi connectivity index (χ0) is 20.8. The average Bonchev–Trinajstić information content (AvgIpc) is 2.93. The molecule has 0 aliphatic heterocycles. The second kappa shape index (κ2) is 9.12. The minimum atomic E-state index is -0.427. The van der Waals surface area contributed by atoms with E-state index in [4.69, 9.17) is 0 Å². The third-order valence-electron chi connectivity index (χ3n) is 4.44. The summed E-state index contributed by atoms with van der Waals surface area (Å²) in [7, 11) is 0. The molecule has 28 heavy (non-hydrogen) atoms. The molecule has 0 saturated heterocycles. The average molecular weight is 387 g/mol. The summed E-state index contributed by atoms with van der Waals surface area (Å²) in [5, 5.41) is 18.0. The first-order valence-corrected chi connectivity index (χ1v) is 9.11. The molecule has 150 valence electrons. The van der Waals surface area contributed by atoms with Crippen molar-refractivity contribution in [2.24, 2.45) is 0 Å². The molecule has 0 aliphatic carbocycles. The fourth-order valence-electron chi connectivity index (χ4n) is 2.97. The van der Waals surface area contributed by atoms with E-state index in [0.717, 1.165) is 5.56 Å². The van der Waals surface area contributed by atoms with Crippen LogP contribution in [0.25, 0.3) is 0 Å². The van der Waals surface area contributed by atoms with Crippen molar-refractivity contribution in [2.75, 3.05) is 19.6 Å². The van der Waals surface area contributed by atoms with Crippen molar-refractivity contribution in [2.45, 2.75) is 34.2 Å². The third kappa shape index (κ3) is 4.73. The van der Waals surface area contributed by atoms with Gasteiger partial charge in [-0.3, -0.25) is 24.4 Å². The van der Waals surface area contributed by atoms with E-state index in [0.29, 0.717) is 36.6 Å². The minimum absolute atomic E-state index is 0.0142. The molecule has 0 aliphatic rings. The molecular formula is C19H25N5O4. The van der Waals surface area contributed by atoms with Crippen molar-refractivity contribution in [3.05, 3.63) is 56.9 Å². The first-order chi connectivity index (χ1) is 13.3. The number of nitrogens with zero attached hydrogens (tertiary/aromatic N) is 4. The SMILES string of the molecule is CCNC(=O)CN(CC)C(=O)c1ccc(Cn2nc(C)c([N+](=O)[O-])c2C)cc1. The van der Waals surface area contributed by atoms with Gasteiger partial charge in [-0.15, -0.1) is 0 Å². The van der Waals surface area contributed by atoms with E-state index in [-0.39, 0.29) is 24.0 Å². The molecule has 1 aromatic heterocycles. The maximum absolute atomic E-state index is 12.6. The molecule has 2 amide bonds. The molecule has 0 saturated carbocycles. The van der Waals surface area contributed by atoms with Crippen LogP contribution in [-0.4, -0.2) is 51.1 Å². The third-order valence-corrected chi connectivity index (χ3v) is 4.44. The van der Waals surface area contributed by atoms with Crippen LogP contribution in [0, 0.1) is 24.0 Å². The fourth-order valence-corrected chi connectivity index (χ4v) is 2.97. The highest BCUT2D eigenvalue weighted by Gasteiger charge is 2.22. The van der Waals surface area contributed by atoms with E-state index in [1.807, 2.05) is 13.8 Å². The van der Waals surface area contributed by atoms with Gasteiger partial charge < -0.3 is 10.2 Å². The quantitative estimate of drug-likeness (QED) is 0.551. The lowest BCUT2D eigenvalue weighted by Gasteiger charge is -2.20. The normalized spacial score (nSPS) is 10.6. The van der Waals surface area contributed by atoms with E-state index < -0.39 is 4.92 Å². The number of hydrogen-bond donors (Lipinski definition) is 1. The zero-order valence-electron chi connectivity index (χ0n) is 16.6. The first kappa shape index (κ1) is 21.1. The molecule has 1 heterocycles. The summed E-state index contributed by atoms with van der Waals surface area (Å²) in [6, 6.07) is 6.96. The maximum Gasteiger partial charge on any atom is 0.312 e. The number of nitro groups is 1. The van der Waals surface area contributed by atoms with Gasteiger partial charge in [-0.1, -0.05) is 12.1 Å². The summed E-state index contributed by atoms with van der Waals surface area (Å²) in [5.41, 5.74) is 2.23. The summed E-state index contributed by atoms with van der Waals surface area (Å²) in [4.78, 5) is 36.5. The molecule has 9 heteroatoms. The lowest BCUT2D eigenvalue weighted by Crippen LogP contribution is -2.40. The number of nitrogens with one attached hydrogen (secondary N) is 1. The van der Waals surface area contributed by atoms with Crippen molar-refractivity contribution in [3.8, 4) is 0 Å². The smallest absolute Gasteiger partial charge is 0.312 e. The van der Waals surface area contributed by atoms with Gasteiger partial charge in [-0.25, -0.2) is 0 Å². The van der Waals surface area contributed by atoms with Crippen LogP contribution in [0.4, 0.5) is 5.69 Å². The molecule has 0 fully saturated rings. The molecule has 0 unspecified atom stereocenters. The van der Waals surface area contributed by atoms with Crippen LogP contribution < -0.4 is 5.32 Å². The molecular weight excluding hydrogens is 362 g/mol. The predicted octanol–water partition coefficient (Wildman–Crippen LogP) is 2.05. The number of amides is 2. The lowest BCUT2D eigenvalue weighted by atomic mass is 10.1. The Morgan fingerprint density at radius 1 is 1.21 bits per heavy atom. The highest BCUT2D eigenvalue weighted by Crippen LogP contribution is 2.22. The molecule has 1 N–H and O–H groups in total. The number of aromatic nitrogens is 2. The molecule has 0 radical (unpaired) electrons. The van der Waals surface area contributed by atoms with E-state index in [1.165, 1.54) is 4.90 Å². The van der Waals surface area contributed by atoms with Gasteiger partial charge in [0.05, 0.1) is 18.0 Å². The van der Waals surface area contributed by atoms with E-state index >= 15 is 0 Å². The molecule has 2 aromatic rings. The molecule has 2 rings (SSSR count). The van der Waals surface area contributed by atoms with Crippen LogP contribution in [0.5, 0.6) is 0 Å². The minimum Gasteiger partial charge on any atom is -0.355 e. The Bertz CT molecular complexity index is 873. The molecule has 0 atom stereocenters. The Morgan fingerprint density at radius 3 is 2.36 bits per heavy atom. The van der Waals surface area contributed by atoms with Crippen LogP contribution in [-0.2, 0) is 11.3 Å². The highest BCUT2D eigenvalue weighted by molar-refractivity contribution is 5.96. The Balaban J connectivity index is 2.13. The predicted molar refractivity (Wildman–Crippen MR) is 104 cm³/mol. The van der Waals surface area contributed by atoms with Gasteiger partial charge >= 0.3 is 5.69 Å². The van der Waals surface area contributed by atoms with E-state index in [9.17, 15) is 19.7 Å². The van der Waals surface area contributed by atoms with Gasteiger partial charge in [0.15, 0.2) is 0 Å². The summed E-state index contributed by atoms with van der Waals surface area (Å²) in [5.74, 6) is -0.414. The number of rotatable bonds is 8. The van der Waals surface area contributed by atoms with Crippen molar-refractivity contribution in [1.82, 2.24) is 20.0 Å². The summed E-state index contributed by atoms with van der Waals surface area (Å²) < 4.78 is 1.58. The number of benzene rings is 1. The Labute approximate surface area is 163 Å². The molecule has 0 spiro atoms. The second-order valence-electron chi connectivity index (χ2n) is 6.40. The second-order valence-corrected chi connectivity index (χ2v) is 6.40. The van der Waals surface area contributed by atoms with Gasteiger partial charge in [-0.2, -0.15) is 5.10 Å². The van der Waals surface area contributed by atoms with Crippen LogP contribution in [0.1, 0.15) is 41.2 Å². The molecule has 0 bridgehead atoms. The number of hydrogen-bond acceptors (Lipinski definition) is 5. The number of likely N-dealkylation sites (N-methyl/N-ethyl adjacent to an activating group) is 2. The Morgan fingerprint density at radius 2 is 1.86 bits per heavy atom. The monoisotopic (exact) mass is 387 g/mol. The standard InChI is InChI=1S/C19H25N5O4/c1-5-20-17(25)12-22(6-2)19(26)16-9-7-15(8-10-16)11-23-14(4)18(24(27)28)13(3)21-23/h7-10H,5-6,11-12H2,1-4H3,(H,20,25). The van der Waals surface area contributed by atoms with Crippen LogP contribution >= 0.6 is 0 Å². The number of carbonyl (C=O) groups is 2. The van der Waals surface area contributed by atoms with Gasteiger partial charge in [0.25, 0.3) is 5.91 Å². The fraction of sp³-hybridized carbons (Fsp3) is 0.421. The van der Waals surface area contributed by atoms with E-state index in [2.05, 4.69) is 10.4 Å². The van der Waals surface area contributed by atoms with Crippen molar-refractivity contribution < 1.29 is 14.5 Å². The van der Waals surface area contributed by atoms with Gasteiger partial charge in [-0.05, 0) is 45.4 Å². The van der Waals surface area contributed by atoms with Crippen LogP contribution in [0.2, 0.25) is 0 Å². The van der Waals surface area contributed by atoms with Crippen molar-refractivity contribution >= 4 is 17.5 Å². The summed E-state index contributed by atoms with van der Waals surface area (Å²) >= 11 is 0. The largest absolute Gasteiger partial charge is 0.355 e. The van der Waals surface area contributed by atoms with Gasteiger partial charge in [0.1, 0.15) is 11.4 Å². The topological polar surface area (TPSA) is 110 Å². The zero-order valence-corrected chi connectivity index (χ0v) is 16.6. The summed E-state index contributed by atoms with van der Waals surface area (Å²) in [6.45, 7) is 8.24. The van der Waals surface area contributed by atoms with Gasteiger partial charge in [0.2, 0.25) is 5.91 Å². The van der Waals surface area contributed by atoms with Gasteiger partial charge in [0, 0.05) is 18.7 Å². The lowest BCUT2D eigenvalue weighted by molar-refractivity contribution is -0.386. The molecule has 1 aromatic carbocycles. The maximum atomic E-state index is 12.6. The van der Waals surface area contributed by atoms with E-state index in [1.54, 1.807) is 42.8 Å². The molecule has 9 nitrogen and oxygen atoms in total. The van der Waals surface area contributed by atoms with Crippen molar-refractivity contribution in [3.63, 3.8) is 0 Å². The van der Waals surface area contributed by atoms with Crippen LogP contribution in [0.15, 0.2) is 24.3 Å². The summed E-state index contributed by atoms with van der Waals surface area (Å²) in [6.07, 6.45) is 0. The number of carbonyl (C=O) groups excluding carboxylic acids is 2. The number of aryl methyl sites for hydroxylation is 1. The highest BCUT2D eigenvalue weighted by atomic mass is 16.6. The first-order valence-electron chi connectivity index (χ1n) is 9.11.